The summed E-state index contributed by atoms with van der Waals surface area (Å²) in [7, 11) is 0. The van der Waals surface area contributed by atoms with E-state index in [0.717, 1.165) is 11.3 Å². The van der Waals surface area contributed by atoms with E-state index in [1.54, 1.807) is 37.5 Å². The SMILES string of the molecule is CCc1cc(Oc2cc([N+](=O)[O-])c(Cl)cc2C)nc(-c2ccncc2)n1. The molecule has 132 valence electrons. The van der Waals surface area contributed by atoms with Gasteiger partial charge in [0.15, 0.2) is 5.82 Å². The van der Waals surface area contributed by atoms with Gasteiger partial charge in [0.25, 0.3) is 5.69 Å². The first-order valence-electron chi connectivity index (χ1n) is 7.88. The number of halogens is 1. The van der Waals surface area contributed by atoms with E-state index in [4.69, 9.17) is 16.3 Å². The molecule has 2 aromatic heterocycles. The second kappa shape index (κ2) is 7.45. The molecule has 0 N–H and O–H groups in total. The maximum absolute atomic E-state index is 11.1. The van der Waals surface area contributed by atoms with Crippen molar-refractivity contribution in [3.8, 4) is 23.0 Å². The molecule has 0 spiro atoms. The summed E-state index contributed by atoms with van der Waals surface area (Å²) in [6, 6.07) is 8.12. The Balaban J connectivity index is 2.03. The van der Waals surface area contributed by atoms with Gasteiger partial charge in [0.2, 0.25) is 5.88 Å². The lowest BCUT2D eigenvalue weighted by molar-refractivity contribution is -0.384. The van der Waals surface area contributed by atoms with Crippen molar-refractivity contribution in [2.24, 2.45) is 0 Å². The van der Waals surface area contributed by atoms with Crippen molar-refractivity contribution in [3.05, 3.63) is 69.1 Å². The van der Waals surface area contributed by atoms with Crippen LogP contribution in [0.5, 0.6) is 11.6 Å². The monoisotopic (exact) mass is 370 g/mol. The van der Waals surface area contributed by atoms with E-state index in [2.05, 4.69) is 15.0 Å². The predicted octanol–water partition coefficient (Wildman–Crippen LogP) is 4.76. The topological polar surface area (TPSA) is 91.0 Å². The fourth-order valence-electron chi connectivity index (χ4n) is 2.34. The Morgan fingerprint density at radius 2 is 1.92 bits per heavy atom. The standard InChI is InChI=1S/C18H15ClN4O3/c1-3-13-9-17(22-18(21-13)12-4-6-20-7-5-12)26-16-10-15(23(24)25)14(19)8-11(16)2/h4-10H,3H2,1-2H3. The molecule has 0 fully saturated rings. The Bertz CT molecular complexity index is 964. The number of aryl methyl sites for hydroxylation is 2. The van der Waals surface area contributed by atoms with Gasteiger partial charge in [-0.3, -0.25) is 15.1 Å². The highest BCUT2D eigenvalue weighted by molar-refractivity contribution is 6.32. The van der Waals surface area contributed by atoms with Crippen molar-refractivity contribution < 1.29 is 9.66 Å². The van der Waals surface area contributed by atoms with E-state index >= 15 is 0 Å². The molecule has 8 heteroatoms. The minimum Gasteiger partial charge on any atom is -0.438 e. The third-order valence-corrected chi connectivity index (χ3v) is 4.01. The first-order chi connectivity index (χ1) is 12.5. The zero-order valence-electron chi connectivity index (χ0n) is 14.1. The predicted molar refractivity (Wildman–Crippen MR) is 97.6 cm³/mol. The summed E-state index contributed by atoms with van der Waals surface area (Å²) >= 11 is 5.92. The maximum Gasteiger partial charge on any atom is 0.291 e. The molecular weight excluding hydrogens is 356 g/mol. The highest BCUT2D eigenvalue weighted by atomic mass is 35.5. The summed E-state index contributed by atoms with van der Waals surface area (Å²) in [6.45, 7) is 3.73. The largest absolute Gasteiger partial charge is 0.438 e. The average molecular weight is 371 g/mol. The van der Waals surface area contributed by atoms with Gasteiger partial charge in [-0.2, -0.15) is 4.98 Å². The third-order valence-electron chi connectivity index (χ3n) is 3.71. The molecule has 0 aliphatic carbocycles. The van der Waals surface area contributed by atoms with Crippen LogP contribution in [0.1, 0.15) is 18.2 Å². The van der Waals surface area contributed by atoms with Crippen LogP contribution in [0.15, 0.2) is 42.7 Å². The molecule has 3 aromatic rings. The molecule has 0 saturated carbocycles. The lowest BCUT2D eigenvalue weighted by atomic mass is 10.2. The minimum atomic E-state index is -0.547. The van der Waals surface area contributed by atoms with Crippen molar-refractivity contribution in [2.75, 3.05) is 0 Å². The summed E-state index contributed by atoms with van der Waals surface area (Å²) in [5.74, 6) is 1.13. The minimum absolute atomic E-state index is 0.0641. The second-order valence-corrected chi connectivity index (χ2v) is 5.95. The quantitative estimate of drug-likeness (QED) is 0.474. The number of nitro groups is 1. The second-order valence-electron chi connectivity index (χ2n) is 5.54. The van der Waals surface area contributed by atoms with Crippen molar-refractivity contribution in [1.29, 1.82) is 0 Å². The number of hydrogen-bond acceptors (Lipinski definition) is 6. The molecule has 26 heavy (non-hydrogen) atoms. The Labute approximate surface area is 154 Å². The molecule has 0 atom stereocenters. The Hall–Kier alpha value is -3.06. The summed E-state index contributed by atoms with van der Waals surface area (Å²) in [6.07, 6.45) is 4.01. The highest BCUT2D eigenvalue weighted by Crippen LogP contribution is 2.34. The zero-order chi connectivity index (χ0) is 18.7. The van der Waals surface area contributed by atoms with Crippen LogP contribution in [-0.4, -0.2) is 19.9 Å². The molecule has 0 saturated heterocycles. The van der Waals surface area contributed by atoms with E-state index in [0.29, 0.717) is 29.4 Å². The van der Waals surface area contributed by atoms with Crippen LogP contribution in [0.25, 0.3) is 11.4 Å². The average Bonchev–Trinajstić information content (AvgIpc) is 2.64. The number of hydrogen-bond donors (Lipinski definition) is 0. The lowest BCUT2D eigenvalue weighted by Crippen LogP contribution is -1.99. The van der Waals surface area contributed by atoms with Crippen LogP contribution < -0.4 is 4.74 Å². The van der Waals surface area contributed by atoms with Crippen molar-refractivity contribution in [1.82, 2.24) is 15.0 Å². The van der Waals surface area contributed by atoms with Gasteiger partial charge < -0.3 is 4.74 Å². The molecule has 2 heterocycles. The zero-order valence-corrected chi connectivity index (χ0v) is 14.9. The highest BCUT2D eigenvalue weighted by Gasteiger charge is 2.17. The van der Waals surface area contributed by atoms with Crippen LogP contribution in [0.4, 0.5) is 5.69 Å². The van der Waals surface area contributed by atoms with E-state index in [9.17, 15) is 10.1 Å². The Morgan fingerprint density at radius 1 is 1.19 bits per heavy atom. The number of nitrogens with zero attached hydrogens (tertiary/aromatic N) is 4. The van der Waals surface area contributed by atoms with Gasteiger partial charge in [-0.25, -0.2) is 4.98 Å². The summed E-state index contributed by atoms with van der Waals surface area (Å²) in [4.78, 5) is 23.5. The molecule has 0 aliphatic heterocycles. The third kappa shape index (κ3) is 3.78. The normalized spacial score (nSPS) is 10.6. The molecule has 0 amide bonds. The van der Waals surface area contributed by atoms with E-state index in [1.807, 2.05) is 6.92 Å². The van der Waals surface area contributed by atoms with E-state index in [1.165, 1.54) is 12.1 Å². The smallest absolute Gasteiger partial charge is 0.291 e. The van der Waals surface area contributed by atoms with Gasteiger partial charge in [0, 0.05) is 29.7 Å². The molecule has 7 nitrogen and oxygen atoms in total. The molecular formula is C18H15ClN4O3. The number of nitro benzene ring substituents is 1. The van der Waals surface area contributed by atoms with Crippen LogP contribution >= 0.6 is 11.6 Å². The van der Waals surface area contributed by atoms with Gasteiger partial charge in [-0.15, -0.1) is 0 Å². The number of rotatable bonds is 5. The Morgan fingerprint density at radius 3 is 2.58 bits per heavy atom. The van der Waals surface area contributed by atoms with Crippen LogP contribution in [-0.2, 0) is 6.42 Å². The van der Waals surface area contributed by atoms with Gasteiger partial charge in [0.05, 0.1) is 11.0 Å². The van der Waals surface area contributed by atoms with E-state index < -0.39 is 4.92 Å². The van der Waals surface area contributed by atoms with Crippen molar-refractivity contribution >= 4 is 17.3 Å². The molecule has 3 rings (SSSR count). The van der Waals surface area contributed by atoms with Gasteiger partial charge >= 0.3 is 0 Å². The maximum atomic E-state index is 11.1. The van der Waals surface area contributed by atoms with Gasteiger partial charge in [-0.05, 0) is 37.1 Å². The number of pyridine rings is 1. The summed E-state index contributed by atoms with van der Waals surface area (Å²) in [5.41, 5.74) is 2.05. The van der Waals surface area contributed by atoms with Gasteiger partial charge in [-0.1, -0.05) is 18.5 Å². The fraction of sp³-hybridized carbons (Fsp3) is 0.167. The first kappa shape index (κ1) is 17.8. The van der Waals surface area contributed by atoms with Gasteiger partial charge in [0.1, 0.15) is 10.8 Å². The van der Waals surface area contributed by atoms with E-state index in [-0.39, 0.29) is 10.7 Å². The fourth-order valence-corrected chi connectivity index (χ4v) is 2.63. The number of aromatic nitrogens is 3. The summed E-state index contributed by atoms with van der Waals surface area (Å²) in [5, 5.41) is 11.2. The Kier molecular flexibility index (Phi) is 5.09. The van der Waals surface area contributed by atoms with Crippen LogP contribution in [0.2, 0.25) is 5.02 Å². The van der Waals surface area contributed by atoms with Crippen LogP contribution in [0, 0.1) is 17.0 Å². The molecule has 0 radical (unpaired) electrons. The van der Waals surface area contributed by atoms with Crippen molar-refractivity contribution in [2.45, 2.75) is 20.3 Å². The van der Waals surface area contributed by atoms with Crippen molar-refractivity contribution in [3.63, 3.8) is 0 Å². The number of ether oxygens (including phenoxy) is 1. The molecule has 0 unspecified atom stereocenters. The first-order valence-corrected chi connectivity index (χ1v) is 8.26. The summed E-state index contributed by atoms with van der Waals surface area (Å²) < 4.78 is 5.83. The van der Waals surface area contributed by atoms with Crippen LogP contribution in [0.3, 0.4) is 0 Å². The molecule has 1 aromatic carbocycles. The molecule has 0 aliphatic rings. The molecule has 0 bridgehead atoms. The number of benzene rings is 1. The lowest BCUT2D eigenvalue weighted by Gasteiger charge is -2.11.